The Hall–Kier alpha value is -3.53. The van der Waals surface area contributed by atoms with Crippen LogP contribution in [0, 0.1) is 11.3 Å². The fourth-order valence-electron chi connectivity index (χ4n) is 7.18. The van der Waals surface area contributed by atoms with Crippen molar-refractivity contribution in [2.45, 2.75) is 83.8 Å². The average molecular weight is 819 g/mol. The van der Waals surface area contributed by atoms with E-state index in [1.165, 1.54) is 5.56 Å². The molecule has 0 heterocycles. The third-order valence-corrected chi connectivity index (χ3v) is 10.8. The number of esters is 1. The van der Waals surface area contributed by atoms with Crippen LogP contribution in [0.3, 0.4) is 0 Å². The molecule has 2 N–H and O–H groups in total. The first-order valence-electron chi connectivity index (χ1n) is 17.7. The van der Waals surface area contributed by atoms with Crippen LogP contribution in [0.15, 0.2) is 114 Å². The number of benzene rings is 3. The van der Waals surface area contributed by atoms with Crippen LogP contribution in [0.2, 0.25) is 5.02 Å². The third kappa shape index (κ3) is 9.10. The first kappa shape index (κ1) is 38.7. The largest absolute Gasteiger partial charge is 0.443 e. The number of hydrogen-bond donors (Lipinski definition) is 2. The van der Waals surface area contributed by atoms with Gasteiger partial charge in [0.1, 0.15) is 6.04 Å². The summed E-state index contributed by atoms with van der Waals surface area (Å²) in [5.74, 6) is -0.402. The summed E-state index contributed by atoms with van der Waals surface area (Å²) in [6.45, 7) is 12.2. The molecule has 0 aliphatic heterocycles. The smallest absolute Gasteiger partial charge is 0.327 e. The van der Waals surface area contributed by atoms with Crippen molar-refractivity contribution in [3.05, 3.63) is 142 Å². The molecule has 3 atom stereocenters. The molecular formula is C43H48ClIN2O4. The number of ketones is 2. The molecular weight excluding hydrogens is 771 g/mol. The molecule has 268 valence electrons. The molecule has 0 radical (unpaired) electrons. The van der Waals surface area contributed by atoms with Gasteiger partial charge >= 0.3 is 5.97 Å². The van der Waals surface area contributed by atoms with Gasteiger partial charge in [0.05, 0.1) is 5.57 Å². The zero-order valence-corrected chi connectivity index (χ0v) is 32.9. The Morgan fingerprint density at radius 2 is 1.61 bits per heavy atom. The Labute approximate surface area is 321 Å². The van der Waals surface area contributed by atoms with Crippen LogP contribution in [0.25, 0.3) is 0 Å². The Kier molecular flexibility index (Phi) is 12.8. The number of nitrogens with one attached hydrogen (secondary N) is 2. The highest BCUT2D eigenvalue weighted by Gasteiger charge is 2.44. The van der Waals surface area contributed by atoms with Gasteiger partial charge in [-0.1, -0.05) is 136 Å². The lowest BCUT2D eigenvalue weighted by Crippen LogP contribution is -2.46. The monoisotopic (exact) mass is 818 g/mol. The maximum atomic E-state index is 14.5. The number of allylic oxidation sites excluding steroid dienone is 5. The van der Waals surface area contributed by atoms with Gasteiger partial charge in [-0.25, -0.2) is 3.53 Å². The van der Waals surface area contributed by atoms with E-state index < -0.39 is 17.6 Å². The van der Waals surface area contributed by atoms with Crippen LogP contribution < -0.4 is 8.85 Å². The summed E-state index contributed by atoms with van der Waals surface area (Å²) in [5.41, 5.74) is 3.48. The Balaban J connectivity index is 1.54. The van der Waals surface area contributed by atoms with E-state index >= 15 is 0 Å². The summed E-state index contributed by atoms with van der Waals surface area (Å²) in [6, 6.07) is 24.6. The van der Waals surface area contributed by atoms with E-state index in [0.717, 1.165) is 36.0 Å². The maximum absolute atomic E-state index is 14.5. The molecule has 0 saturated heterocycles. The van der Waals surface area contributed by atoms with Gasteiger partial charge in [-0.05, 0) is 48.6 Å². The lowest BCUT2D eigenvalue weighted by atomic mass is 9.73. The van der Waals surface area contributed by atoms with Crippen LogP contribution in [0.4, 0.5) is 0 Å². The Morgan fingerprint density at radius 1 is 0.980 bits per heavy atom. The van der Waals surface area contributed by atoms with Crippen LogP contribution in [-0.4, -0.2) is 30.1 Å². The highest BCUT2D eigenvalue weighted by molar-refractivity contribution is 14.1. The molecule has 3 aromatic carbocycles. The van der Waals surface area contributed by atoms with Gasteiger partial charge in [0.25, 0.3) is 0 Å². The van der Waals surface area contributed by atoms with Crippen molar-refractivity contribution in [2.24, 2.45) is 11.3 Å². The first-order valence-corrected chi connectivity index (χ1v) is 19.2. The number of ether oxygens (including phenoxy) is 1. The second-order valence-electron chi connectivity index (χ2n) is 14.9. The van der Waals surface area contributed by atoms with Crippen LogP contribution in [-0.2, 0) is 24.7 Å². The van der Waals surface area contributed by atoms with Crippen molar-refractivity contribution in [3.63, 3.8) is 0 Å². The predicted molar refractivity (Wildman–Crippen MR) is 214 cm³/mol. The Morgan fingerprint density at radius 3 is 2.24 bits per heavy atom. The second kappa shape index (κ2) is 16.9. The second-order valence-corrected chi connectivity index (χ2v) is 16.0. The fraction of sp³-hybridized carbons (Fsp3) is 0.372. The van der Waals surface area contributed by atoms with E-state index in [1.807, 2.05) is 111 Å². The van der Waals surface area contributed by atoms with Gasteiger partial charge in [0, 0.05) is 75.6 Å². The first-order chi connectivity index (χ1) is 24.3. The molecule has 2 aliphatic rings. The molecule has 6 nitrogen and oxygen atoms in total. The third-order valence-electron chi connectivity index (χ3n) is 9.70. The lowest BCUT2D eigenvalue weighted by Gasteiger charge is -2.37. The molecule has 0 aromatic heterocycles. The van der Waals surface area contributed by atoms with E-state index in [4.69, 9.17) is 16.3 Å². The summed E-state index contributed by atoms with van der Waals surface area (Å²) in [7, 11) is 0. The van der Waals surface area contributed by atoms with E-state index in [2.05, 4.69) is 39.7 Å². The minimum absolute atomic E-state index is 0.100. The van der Waals surface area contributed by atoms with Crippen molar-refractivity contribution in [1.82, 2.24) is 8.85 Å². The minimum Gasteiger partial charge on any atom is -0.443 e. The number of carbonyl (C=O) groups is 3. The molecule has 8 heteroatoms. The molecule has 1 fully saturated rings. The van der Waals surface area contributed by atoms with E-state index in [9.17, 15) is 14.4 Å². The number of carbonyl (C=O) groups excluding carboxylic acids is 3. The summed E-state index contributed by atoms with van der Waals surface area (Å²) in [6.07, 6.45) is 8.54. The fourth-order valence-corrected chi connectivity index (χ4v) is 7.92. The van der Waals surface area contributed by atoms with Gasteiger partial charge in [-0.15, -0.1) is 0 Å². The van der Waals surface area contributed by atoms with Gasteiger partial charge in [-0.3, -0.25) is 14.4 Å². The van der Waals surface area contributed by atoms with Crippen LogP contribution >= 0.6 is 34.5 Å². The van der Waals surface area contributed by atoms with Gasteiger partial charge in [0.2, 0.25) is 0 Å². The minimum atomic E-state index is -1.39. The molecule has 2 aliphatic carbocycles. The lowest BCUT2D eigenvalue weighted by molar-refractivity contribution is -0.155. The van der Waals surface area contributed by atoms with Crippen molar-refractivity contribution < 1.29 is 19.1 Å². The van der Waals surface area contributed by atoms with Crippen molar-refractivity contribution in [3.8, 4) is 0 Å². The number of hydrogen-bond acceptors (Lipinski definition) is 6. The van der Waals surface area contributed by atoms with Crippen LogP contribution in [0.5, 0.6) is 0 Å². The predicted octanol–water partition coefficient (Wildman–Crippen LogP) is 9.71. The molecule has 3 aromatic rings. The Bertz CT molecular complexity index is 1790. The average Bonchev–Trinajstić information content (AvgIpc) is 3.31. The maximum Gasteiger partial charge on any atom is 0.327 e. The van der Waals surface area contributed by atoms with Gasteiger partial charge in [-0.2, -0.15) is 0 Å². The zero-order chi connectivity index (χ0) is 36.8. The summed E-state index contributed by atoms with van der Waals surface area (Å²) < 4.78 is 9.87. The summed E-state index contributed by atoms with van der Waals surface area (Å²) in [4.78, 5) is 41.1. The van der Waals surface area contributed by atoms with E-state index in [-0.39, 0.29) is 40.9 Å². The molecule has 0 spiro atoms. The normalized spacial score (nSPS) is 19.3. The number of Topliss-reactive ketones (excluding diaryl/α,β-unsaturated/α-hetero) is 2. The van der Waals surface area contributed by atoms with Gasteiger partial charge in [0.15, 0.2) is 17.2 Å². The van der Waals surface area contributed by atoms with E-state index in [0.29, 0.717) is 35.5 Å². The molecule has 3 unspecified atom stereocenters. The van der Waals surface area contributed by atoms with Crippen LogP contribution in [0.1, 0.15) is 94.4 Å². The highest BCUT2D eigenvalue weighted by Crippen LogP contribution is 2.44. The molecule has 51 heavy (non-hydrogen) atoms. The highest BCUT2D eigenvalue weighted by atomic mass is 127. The zero-order valence-electron chi connectivity index (χ0n) is 29.9. The SMILES string of the molecule is C=C1C=CC(c2ccc(C(OC(=O)C(CNC(CC(C)C)=C3C(=O)CC(C)(C)CC3=O)NI)(c3ccccc3)c3ccccc3Cl)cc2)CCC1. The van der Waals surface area contributed by atoms with Gasteiger partial charge < -0.3 is 10.1 Å². The standard InChI is InChI=1S/C43H48ClIN2O4/c1-28(2)24-36(40-38(48)25-42(4,5)26-39(40)49)46-27-37(47-45)41(50)51-43(32-14-7-6-8-15-32,34-16-9-10-17-35(34)44)33-22-20-31(21-23-33)30-13-11-12-29(3)18-19-30/h6-10,14-23,28,30,37,46-47H,3,11-13,24-27H2,1-2,4-5H3. The number of halogens is 2. The molecule has 0 bridgehead atoms. The topological polar surface area (TPSA) is 84.5 Å². The quantitative estimate of drug-likeness (QED) is 0.0473. The number of rotatable bonds is 12. The summed E-state index contributed by atoms with van der Waals surface area (Å²) in [5, 5.41) is 3.80. The van der Waals surface area contributed by atoms with Crippen molar-refractivity contribution in [1.29, 1.82) is 0 Å². The van der Waals surface area contributed by atoms with Crippen molar-refractivity contribution in [2.75, 3.05) is 6.54 Å². The van der Waals surface area contributed by atoms with Crippen molar-refractivity contribution >= 4 is 52.0 Å². The molecule has 5 rings (SSSR count). The van der Waals surface area contributed by atoms with E-state index in [1.54, 1.807) is 6.07 Å². The molecule has 0 amide bonds. The summed E-state index contributed by atoms with van der Waals surface area (Å²) >= 11 is 8.93. The molecule has 1 saturated carbocycles.